The molecule has 0 fully saturated rings. The standard InChI is InChI=1S/C20H21Cl4NO5/c1-8(2)6-9(19(29)30-7-10(26)20(3,4)5)25-17(27)11-12(18(25)28)14(22)16(24)15(23)13(11)21/h8-9H,6-7H2,1-5H3. The van der Waals surface area contributed by atoms with Crippen molar-refractivity contribution in [3.8, 4) is 0 Å². The predicted octanol–water partition coefficient (Wildman–Crippen LogP) is 5.47. The molecule has 0 spiro atoms. The van der Waals surface area contributed by atoms with Crippen LogP contribution in [0.5, 0.6) is 0 Å². The predicted molar refractivity (Wildman–Crippen MR) is 116 cm³/mol. The molecule has 1 atom stereocenters. The molecule has 164 valence electrons. The van der Waals surface area contributed by atoms with Gasteiger partial charge in [0.05, 0.1) is 31.2 Å². The number of hydrogen-bond acceptors (Lipinski definition) is 5. The van der Waals surface area contributed by atoms with E-state index in [0.717, 1.165) is 4.90 Å². The van der Waals surface area contributed by atoms with E-state index < -0.39 is 35.8 Å². The first-order valence-corrected chi connectivity index (χ1v) is 10.6. The van der Waals surface area contributed by atoms with Gasteiger partial charge in [0.15, 0.2) is 12.4 Å². The fourth-order valence-electron chi connectivity index (χ4n) is 2.85. The van der Waals surface area contributed by atoms with Crippen LogP contribution in [0.1, 0.15) is 61.8 Å². The van der Waals surface area contributed by atoms with Crippen molar-refractivity contribution in [1.29, 1.82) is 0 Å². The monoisotopic (exact) mass is 495 g/mol. The van der Waals surface area contributed by atoms with Crippen molar-refractivity contribution in [3.63, 3.8) is 0 Å². The number of carbonyl (C=O) groups is 4. The van der Waals surface area contributed by atoms with Crippen LogP contribution in [0.25, 0.3) is 0 Å². The number of carbonyl (C=O) groups excluding carboxylic acids is 4. The van der Waals surface area contributed by atoms with E-state index in [1.807, 2.05) is 13.8 Å². The van der Waals surface area contributed by atoms with Crippen LogP contribution in [-0.2, 0) is 14.3 Å². The van der Waals surface area contributed by atoms with Gasteiger partial charge in [-0.05, 0) is 12.3 Å². The molecule has 0 aliphatic carbocycles. The number of nitrogens with zero attached hydrogens (tertiary/aromatic N) is 1. The van der Waals surface area contributed by atoms with Gasteiger partial charge in [0.25, 0.3) is 11.8 Å². The number of amides is 2. The molecule has 1 aliphatic rings. The van der Waals surface area contributed by atoms with Crippen molar-refractivity contribution in [2.45, 2.75) is 47.1 Å². The molecule has 1 aromatic rings. The van der Waals surface area contributed by atoms with Crippen LogP contribution in [0.2, 0.25) is 20.1 Å². The summed E-state index contributed by atoms with van der Waals surface area (Å²) in [6, 6.07) is -1.27. The molecule has 30 heavy (non-hydrogen) atoms. The maximum Gasteiger partial charge on any atom is 0.329 e. The van der Waals surface area contributed by atoms with Gasteiger partial charge in [0.1, 0.15) is 6.04 Å². The maximum atomic E-state index is 13.1. The molecule has 0 saturated heterocycles. The number of ether oxygens (including phenoxy) is 1. The Morgan fingerprint density at radius 1 is 0.900 bits per heavy atom. The third-order valence-electron chi connectivity index (χ3n) is 4.59. The van der Waals surface area contributed by atoms with Crippen LogP contribution >= 0.6 is 46.4 Å². The van der Waals surface area contributed by atoms with Gasteiger partial charge < -0.3 is 4.74 Å². The summed E-state index contributed by atoms with van der Waals surface area (Å²) in [5.74, 6) is -2.91. The van der Waals surface area contributed by atoms with Crippen molar-refractivity contribution in [1.82, 2.24) is 4.90 Å². The number of fused-ring (bicyclic) bond motifs is 1. The van der Waals surface area contributed by atoms with Gasteiger partial charge >= 0.3 is 5.97 Å². The van der Waals surface area contributed by atoms with Crippen LogP contribution in [-0.4, -0.2) is 41.1 Å². The lowest BCUT2D eigenvalue weighted by molar-refractivity contribution is -0.154. The lowest BCUT2D eigenvalue weighted by Crippen LogP contribution is -2.47. The van der Waals surface area contributed by atoms with E-state index in [0.29, 0.717) is 0 Å². The molecule has 1 aliphatic heterocycles. The molecule has 0 aromatic heterocycles. The summed E-state index contributed by atoms with van der Waals surface area (Å²) in [5, 5.41) is -0.768. The first-order chi connectivity index (χ1) is 13.7. The summed E-state index contributed by atoms with van der Waals surface area (Å²) in [4.78, 5) is 51.8. The van der Waals surface area contributed by atoms with E-state index >= 15 is 0 Å². The largest absolute Gasteiger partial charge is 0.456 e. The second-order valence-electron chi connectivity index (χ2n) is 8.41. The first-order valence-electron chi connectivity index (χ1n) is 9.13. The van der Waals surface area contributed by atoms with E-state index in [1.54, 1.807) is 20.8 Å². The van der Waals surface area contributed by atoms with Crippen LogP contribution in [0, 0.1) is 11.3 Å². The average molecular weight is 497 g/mol. The quantitative estimate of drug-likeness (QED) is 0.226. The summed E-state index contributed by atoms with van der Waals surface area (Å²) < 4.78 is 5.16. The lowest BCUT2D eigenvalue weighted by Gasteiger charge is -2.26. The fraction of sp³-hybridized carbons (Fsp3) is 0.500. The Morgan fingerprint density at radius 2 is 1.33 bits per heavy atom. The second-order valence-corrected chi connectivity index (χ2v) is 9.92. The van der Waals surface area contributed by atoms with Crippen LogP contribution in [0.3, 0.4) is 0 Å². The van der Waals surface area contributed by atoms with Crippen molar-refractivity contribution in [3.05, 3.63) is 31.2 Å². The van der Waals surface area contributed by atoms with Gasteiger partial charge in [-0.25, -0.2) is 4.79 Å². The highest BCUT2D eigenvalue weighted by atomic mass is 35.5. The minimum Gasteiger partial charge on any atom is -0.456 e. The normalized spacial score (nSPS) is 14.9. The van der Waals surface area contributed by atoms with E-state index in [9.17, 15) is 19.2 Å². The zero-order chi connectivity index (χ0) is 23.1. The number of halogens is 4. The maximum absolute atomic E-state index is 13.1. The Labute approximate surface area is 194 Å². The van der Waals surface area contributed by atoms with Gasteiger partial charge in [-0.2, -0.15) is 0 Å². The first kappa shape index (κ1) is 24.9. The van der Waals surface area contributed by atoms with E-state index in [1.165, 1.54) is 0 Å². The van der Waals surface area contributed by atoms with Crippen molar-refractivity contribution < 1.29 is 23.9 Å². The number of benzene rings is 1. The molecule has 1 heterocycles. The Morgan fingerprint density at radius 3 is 1.70 bits per heavy atom. The number of imide groups is 1. The van der Waals surface area contributed by atoms with Gasteiger partial charge in [0.2, 0.25) is 0 Å². The number of Topliss-reactive ketones (excluding diaryl/α,β-unsaturated/α-hetero) is 1. The SMILES string of the molecule is CC(C)CC(C(=O)OCC(=O)C(C)(C)C)N1C(=O)c2c(Cl)c(Cl)c(Cl)c(Cl)c2C1=O. The number of rotatable bonds is 6. The smallest absolute Gasteiger partial charge is 0.329 e. The summed E-state index contributed by atoms with van der Waals surface area (Å²) in [6.07, 6.45) is 0.116. The van der Waals surface area contributed by atoms with Gasteiger partial charge in [-0.15, -0.1) is 0 Å². The molecule has 2 amide bonds. The lowest BCUT2D eigenvalue weighted by atomic mass is 9.91. The highest BCUT2D eigenvalue weighted by molar-refractivity contribution is 6.55. The molecule has 6 nitrogen and oxygen atoms in total. The second kappa shape index (κ2) is 9.03. The zero-order valence-corrected chi connectivity index (χ0v) is 20.1. The van der Waals surface area contributed by atoms with Gasteiger partial charge in [0, 0.05) is 5.41 Å². The summed E-state index contributed by atoms with van der Waals surface area (Å²) in [6.45, 7) is 8.22. The van der Waals surface area contributed by atoms with Gasteiger partial charge in [-0.3, -0.25) is 19.3 Å². The minimum absolute atomic E-state index is 0.0803. The Hall–Kier alpha value is -1.34. The van der Waals surface area contributed by atoms with E-state index in [-0.39, 0.29) is 49.3 Å². The van der Waals surface area contributed by atoms with Crippen LogP contribution < -0.4 is 0 Å². The molecule has 2 rings (SSSR count). The summed E-state index contributed by atoms with van der Waals surface area (Å²) >= 11 is 24.3. The van der Waals surface area contributed by atoms with E-state index in [2.05, 4.69) is 0 Å². The van der Waals surface area contributed by atoms with Crippen molar-refractivity contribution >= 4 is 70.0 Å². The van der Waals surface area contributed by atoms with E-state index in [4.69, 9.17) is 51.1 Å². The molecular weight excluding hydrogens is 476 g/mol. The number of hydrogen-bond donors (Lipinski definition) is 0. The molecule has 0 radical (unpaired) electrons. The third-order valence-corrected chi connectivity index (χ3v) is 6.39. The minimum atomic E-state index is -1.27. The topological polar surface area (TPSA) is 80.8 Å². The summed E-state index contributed by atoms with van der Waals surface area (Å²) in [5.41, 5.74) is -1.14. The Kier molecular flexibility index (Phi) is 7.50. The molecule has 1 unspecified atom stereocenters. The molecule has 0 bridgehead atoms. The molecule has 0 N–H and O–H groups in total. The Balaban J connectivity index is 2.43. The molecule has 10 heteroatoms. The zero-order valence-electron chi connectivity index (χ0n) is 17.1. The average Bonchev–Trinajstić information content (AvgIpc) is 2.90. The highest BCUT2D eigenvalue weighted by Gasteiger charge is 2.47. The third kappa shape index (κ3) is 4.62. The number of esters is 1. The van der Waals surface area contributed by atoms with Crippen molar-refractivity contribution in [2.24, 2.45) is 11.3 Å². The molecule has 1 aromatic carbocycles. The Bertz CT molecular complexity index is 889. The fourth-order valence-corrected chi connectivity index (χ4v) is 3.87. The molecule has 0 saturated carbocycles. The summed E-state index contributed by atoms with van der Waals surface area (Å²) in [7, 11) is 0. The van der Waals surface area contributed by atoms with Crippen molar-refractivity contribution in [2.75, 3.05) is 6.61 Å². The van der Waals surface area contributed by atoms with Crippen LogP contribution in [0.4, 0.5) is 0 Å². The van der Waals surface area contributed by atoms with Gasteiger partial charge in [-0.1, -0.05) is 81.0 Å². The highest BCUT2D eigenvalue weighted by Crippen LogP contribution is 2.45. The number of ketones is 1. The molecular formula is C20H21Cl4NO5. The van der Waals surface area contributed by atoms with Crippen LogP contribution in [0.15, 0.2) is 0 Å².